The number of rotatable bonds is 7. The first kappa shape index (κ1) is 17.6. The van der Waals surface area contributed by atoms with E-state index < -0.39 is 6.10 Å². The molecule has 6 heteroatoms. The van der Waals surface area contributed by atoms with Crippen LogP contribution in [0.5, 0.6) is 11.5 Å². The molecule has 1 unspecified atom stereocenters. The third-order valence-corrected chi connectivity index (χ3v) is 4.51. The van der Waals surface area contributed by atoms with Crippen LogP contribution in [-0.4, -0.2) is 54.9 Å². The van der Waals surface area contributed by atoms with Crippen LogP contribution in [0.3, 0.4) is 0 Å². The number of ether oxygens (including phenoxy) is 2. The van der Waals surface area contributed by atoms with E-state index in [0.29, 0.717) is 36.6 Å². The third-order valence-electron chi connectivity index (χ3n) is 4.51. The molecule has 0 aliphatic carbocycles. The fraction of sp³-hybridized carbons (Fsp3) is 0.526. The normalized spacial score (nSPS) is 18.2. The lowest BCUT2D eigenvalue weighted by Crippen LogP contribution is -2.33. The summed E-state index contributed by atoms with van der Waals surface area (Å²) in [5, 5.41) is 13.0. The summed E-state index contributed by atoms with van der Waals surface area (Å²) in [6.07, 6.45) is 8.07. The zero-order chi connectivity index (χ0) is 17.6. The number of terminal acetylenes is 1. The molecule has 1 aromatic rings. The van der Waals surface area contributed by atoms with E-state index in [1.54, 1.807) is 6.07 Å². The molecule has 0 saturated carbocycles. The Hall–Kier alpha value is -2.23. The highest BCUT2D eigenvalue weighted by atomic mass is 16.5. The van der Waals surface area contributed by atoms with Gasteiger partial charge < -0.3 is 24.8 Å². The number of anilines is 1. The van der Waals surface area contributed by atoms with Gasteiger partial charge in [0.15, 0.2) is 0 Å². The molecule has 0 bridgehead atoms. The summed E-state index contributed by atoms with van der Waals surface area (Å²) in [7, 11) is 0. The number of carbonyl (C=O) groups excluding carboxylic acids is 1. The number of nitrogens with zero attached hydrogens (tertiary/aromatic N) is 1. The molecular formula is C19H24N2O4. The maximum Gasteiger partial charge on any atom is 0.224 e. The van der Waals surface area contributed by atoms with Crippen LogP contribution in [-0.2, 0) is 11.2 Å². The minimum atomic E-state index is -0.538. The Kier molecular flexibility index (Phi) is 5.79. The maximum absolute atomic E-state index is 11.7. The second-order valence-corrected chi connectivity index (χ2v) is 6.43. The number of nitrogens with one attached hydrogen (secondary N) is 1. The van der Waals surface area contributed by atoms with Crippen LogP contribution in [0.2, 0.25) is 0 Å². The first-order chi connectivity index (χ1) is 12.2. The van der Waals surface area contributed by atoms with Gasteiger partial charge in [-0.05, 0) is 44.5 Å². The van der Waals surface area contributed by atoms with Gasteiger partial charge in [0.25, 0.3) is 0 Å². The molecule has 0 spiro atoms. The number of carbonyl (C=O) groups is 1. The molecule has 1 atom stereocenters. The maximum atomic E-state index is 11.7. The fourth-order valence-electron chi connectivity index (χ4n) is 3.31. The highest BCUT2D eigenvalue weighted by Gasteiger charge is 2.23. The van der Waals surface area contributed by atoms with E-state index >= 15 is 0 Å². The van der Waals surface area contributed by atoms with E-state index in [-0.39, 0.29) is 19.1 Å². The molecule has 0 radical (unpaired) electrons. The van der Waals surface area contributed by atoms with Crippen molar-refractivity contribution in [3.8, 4) is 23.8 Å². The molecule has 2 N–H and O–H groups in total. The summed E-state index contributed by atoms with van der Waals surface area (Å²) in [6.45, 7) is 3.07. The molecule has 134 valence electrons. The van der Waals surface area contributed by atoms with E-state index in [1.807, 2.05) is 6.07 Å². The van der Waals surface area contributed by atoms with Crippen molar-refractivity contribution in [1.82, 2.24) is 4.90 Å². The Balaban J connectivity index is 1.67. The van der Waals surface area contributed by atoms with Crippen LogP contribution in [0.1, 0.15) is 24.8 Å². The summed E-state index contributed by atoms with van der Waals surface area (Å²) >= 11 is 0. The van der Waals surface area contributed by atoms with Crippen molar-refractivity contribution in [2.75, 3.05) is 38.2 Å². The van der Waals surface area contributed by atoms with Crippen LogP contribution in [0, 0.1) is 12.3 Å². The number of aliphatic hydroxyl groups is 1. The molecule has 3 rings (SSSR count). The Bertz CT molecular complexity index is 662. The number of likely N-dealkylation sites (tertiary alicyclic amines) is 1. The summed E-state index contributed by atoms with van der Waals surface area (Å²) in [4.78, 5) is 14.0. The predicted molar refractivity (Wildman–Crippen MR) is 94.9 cm³/mol. The molecule has 1 aromatic carbocycles. The SMILES string of the molecule is C#CCOc1ccc(OCC(O)CN2CCCC2)c2c1NC(=O)CC2. The minimum absolute atomic E-state index is 0.0516. The zero-order valence-corrected chi connectivity index (χ0v) is 14.3. The third kappa shape index (κ3) is 4.44. The van der Waals surface area contributed by atoms with Gasteiger partial charge in [-0.25, -0.2) is 0 Å². The van der Waals surface area contributed by atoms with Gasteiger partial charge in [0.05, 0.1) is 5.69 Å². The summed E-state index contributed by atoms with van der Waals surface area (Å²) in [6, 6.07) is 3.55. The van der Waals surface area contributed by atoms with E-state index in [9.17, 15) is 9.90 Å². The molecule has 6 nitrogen and oxygen atoms in total. The summed E-state index contributed by atoms with van der Waals surface area (Å²) < 4.78 is 11.4. The lowest BCUT2D eigenvalue weighted by molar-refractivity contribution is -0.116. The Morgan fingerprint density at radius 3 is 2.76 bits per heavy atom. The Morgan fingerprint density at radius 1 is 1.24 bits per heavy atom. The monoisotopic (exact) mass is 344 g/mol. The summed E-state index contributed by atoms with van der Waals surface area (Å²) in [5.74, 6) is 3.58. The highest BCUT2D eigenvalue weighted by molar-refractivity contribution is 5.96. The first-order valence-corrected chi connectivity index (χ1v) is 8.72. The van der Waals surface area contributed by atoms with Gasteiger partial charge in [0.1, 0.15) is 30.8 Å². The van der Waals surface area contributed by atoms with Crippen molar-refractivity contribution in [2.24, 2.45) is 0 Å². The number of amides is 1. The largest absolute Gasteiger partial charge is 0.490 e. The van der Waals surface area contributed by atoms with E-state index in [4.69, 9.17) is 15.9 Å². The lowest BCUT2D eigenvalue weighted by atomic mass is 10.0. The average Bonchev–Trinajstić information content (AvgIpc) is 3.11. The zero-order valence-electron chi connectivity index (χ0n) is 14.3. The van der Waals surface area contributed by atoms with Crippen LogP contribution < -0.4 is 14.8 Å². The van der Waals surface area contributed by atoms with Crippen molar-refractivity contribution >= 4 is 11.6 Å². The number of hydrogen-bond donors (Lipinski definition) is 2. The van der Waals surface area contributed by atoms with Crippen LogP contribution in [0.4, 0.5) is 5.69 Å². The van der Waals surface area contributed by atoms with Crippen LogP contribution in [0.15, 0.2) is 12.1 Å². The molecule has 1 amide bonds. The van der Waals surface area contributed by atoms with Gasteiger partial charge in [-0.3, -0.25) is 4.79 Å². The van der Waals surface area contributed by atoms with Crippen molar-refractivity contribution in [2.45, 2.75) is 31.8 Å². The van der Waals surface area contributed by atoms with Crippen molar-refractivity contribution < 1.29 is 19.4 Å². The number of β-amino-alcohol motifs (C(OH)–C–C–N with tert-alkyl or cyclic N) is 1. The Labute approximate surface area is 148 Å². The molecule has 2 heterocycles. The first-order valence-electron chi connectivity index (χ1n) is 8.72. The van der Waals surface area contributed by atoms with Crippen molar-refractivity contribution in [1.29, 1.82) is 0 Å². The second-order valence-electron chi connectivity index (χ2n) is 6.43. The fourth-order valence-corrected chi connectivity index (χ4v) is 3.31. The molecule has 2 aliphatic rings. The number of aliphatic hydroxyl groups excluding tert-OH is 1. The summed E-state index contributed by atoms with van der Waals surface area (Å²) in [5.41, 5.74) is 1.51. The van der Waals surface area contributed by atoms with Gasteiger partial charge in [-0.2, -0.15) is 0 Å². The van der Waals surface area contributed by atoms with E-state index in [0.717, 1.165) is 18.7 Å². The van der Waals surface area contributed by atoms with Crippen LogP contribution in [0.25, 0.3) is 0 Å². The standard InChI is InChI=1S/C19H24N2O4/c1-2-11-24-17-7-6-16(15-5-8-18(23)20-19(15)17)25-13-14(22)12-21-9-3-4-10-21/h1,6-7,14,22H,3-5,8-13H2,(H,20,23). The quantitative estimate of drug-likeness (QED) is 0.732. The molecule has 0 aromatic heterocycles. The van der Waals surface area contributed by atoms with E-state index in [2.05, 4.69) is 16.1 Å². The van der Waals surface area contributed by atoms with Gasteiger partial charge >= 0.3 is 0 Å². The molecule has 1 saturated heterocycles. The van der Waals surface area contributed by atoms with Crippen molar-refractivity contribution in [3.05, 3.63) is 17.7 Å². The molecular weight excluding hydrogens is 320 g/mol. The van der Waals surface area contributed by atoms with Crippen molar-refractivity contribution in [3.63, 3.8) is 0 Å². The molecule has 2 aliphatic heterocycles. The average molecular weight is 344 g/mol. The molecule has 25 heavy (non-hydrogen) atoms. The topological polar surface area (TPSA) is 71.0 Å². The smallest absolute Gasteiger partial charge is 0.224 e. The lowest BCUT2D eigenvalue weighted by Gasteiger charge is -2.24. The Morgan fingerprint density at radius 2 is 2.00 bits per heavy atom. The minimum Gasteiger partial charge on any atom is -0.490 e. The highest BCUT2D eigenvalue weighted by Crippen LogP contribution is 2.38. The number of hydrogen-bond acceptors (Lipinski definition) is 5. The van der Waals surface area contributed by atoms with Gasteiger partial charge in [0, 0.05) is 18.5 Å². The van der Waals surface area contributed by atoms with Crippen LogP contribution >= 0.6 is 0 Å². The number of benzene rings is 1. The van der Waals surface area contributed by atoms with Gasteiger partial charge in [-0.1, -0.05) is 5.92 Å². The van der Waals surface area contributed by atoms with Gasteiger partial charge in [-0.15, -0.1) is 6.42 Å². The second kappa shape index (κ2) is 8.24. The van der Waals surface area contributed by atoms with Gasteiger partial charge in [0.2, 0.25) is 5.91 Å². The predicted octanol–water partition coefficient (Wildman–Crippen LogP) is 1.42. The molecule has 1 fully saturated rings. The number of fused-ring (bicyclic) bond motifs is 1. The van der Waals surface area contributed by atoms with E-state index in [1.165, 1.54) is 12.8 Å².